The maximum atomic E-state index is 5.83. The van der Waals surface area contributed by atoms with Gasteiger partial charge in [-0.3, -0.25) is 0 Å². The normalized spacial score (nSPS) is 19.9. The van der Waals surface area contributed by atoms with E-state index in [2.05, 4.69) is 27.9 Å². The first-order valence-corrected chi connectivity index (χ1v) is 7.65. The number of alkyl halides is 1. The van der Waals surface area contributed by atoms with Crippen molar-refractivity contribution in [2.75, 3.05) is 23.9 Å². The van der Waals surface area contributed by atoms with Crippen LogP contribution in [-0.2, 0) is 0 Å². The molecule has 3 nitrogen and oxygen atoms in total. The van der Waals surface area contributed by atoms with E-state index in [1.807, 2.05) is 0 Å². The highest BCUT2D eigenvalue weighted by molar-refractivity contribution is 7.18. The first kappa shape index (κ1) is 12.2. The third kappa shape index (κ3) is 2.19. The fourth-order valence-electron chi connectivity index (χ4n) is 2.63. The molecule has 0 bridgehead atoms. The number of fused-ring (bicyclic) bond motifs is 1. The van der Waals surface area contributed by atoms with E-state index in [9.17, 15) is 0 Å². The number of aromatic nitrogens is 2. The minimum absolute atomic E-state index is 0.715. The van der Waals surface area contributed by atoms with Crippen LogP contribution >= 0.6 is 22.9 Å². The lowest BCUT2D eigenvalue weighted by molar-refractivity contribution is 0.572. The van der Waals surface area contributed by atoms with Crippen LogP contribution in [0.15, 0.2) is 12.4 Å². The molecule has 0 radical (unpaired) electrons. The third-order valence-corrected chi connectivity index (χ3v) is 4.71. The Morgan fingerprint density at radius 3 is 3.22 bits per heavy atom. The molecule has 3 rings (SSSR count). The van der Waals surface area contributed by atoms with E-state index in [0.717, 1.165) is 36.0 Å². The standard InChI is InChI=1S/C13H16ClN3S/c1-9-6-11-12(15-8-16-13(11)18-9)17-5-3-10(7-17)2-4-14/h6,8,10H,2-5,7H2,1H3. The van der Waals surface area contributed by atoms with Crippen molar-refractivity contribution in [2.45, 2.75) is 19.8 Å². The van der Waals surface area contributed by atoms with Crippen molar-refractivity contribution >= 4 is 39.0 Å². The highest BCUT2D eigenvalue weighted by Crippen LogP contribution is 2.33. The van der Waals surface area contributed by atoms with E-state index >= 15 is 0 Å². The van der Waals surface area contributed by atoms with Gasteiger partial charge in [0, 0.05) is 23.8 Å². The van der Waals surface area contributed by atoms with Crippen molar-refractivity contribution in [3.8, 4) is 0 Å². The van der Waals surface area contributed by atoms with E-state index in [1.165, 1.54) is 16.7 Å². The minimum Gasteiger partial charge on any atom is -0.356 e. The smallest absolute Gasteiger partial charge is 0.140 e. The maximum Gasteiger partial charge on any atom is 0.140 e. The Kier molecular flexibility index (Phi) is 3.39. The van der Waals surface area contributed by atoms with E-state index in [4.69, 9.17) is 11.6 Å². The summed E-state index contributed by atoms with van der Waals surface area (Å²) in [5.41, 5.74) is 0. The van der Waals surface area contributed by atoms with Gasteiger partial charge < -0.3 is 4.90 Å². The van der Waals surface area contributed by atoms with Crippen LogP contribution < -0.4 is 4.90 Å². The van der Waals surface area contributed by atoms with Gasteiger partial charge in [-0.25, -0.2) is 9.97 Å². The molecule has 0 N–H and O–H groups in total. The molecule has 0 aromatic carbocycles. The van der Waals surface area contributed by atoms with Crippen molar-refractivity contribution < 1.29 is 0 Å². The minimum atomic E-state index is 0.715. The molecule has 1 unspecified atom stereocenters. The first-order chi connectivity index (χ1) is 8.78. The Labute approximate surface area is 116 Å². The molecule has 1 atom stereocenters. The van der Waals surface area contributed by atoms with E-state index < -0.39 is 0 Å². The van der Waals surface area contributed by atoms with Gasteiger partial charge in [0.2, 0.25) is 0 Å². The molecule has 1 saturated heterocycles. The molecule has 0 amide bonds. The average Bonchev–Trinajstić information content (AvgIpc) is 2.94. The van der Waals surface area contributed by atoms with Crippen molar-refractivity contribution in [2.24, 2.45) is 5.92 Å². The number of thiophene rings is 1. The molecule has 0 saturated carbocycles. The Bertz CT molecular complexity index is 554. The number of nitrogens with zero attached hydrogens (tertiary/aromatic N) is 3. The fraction of sp³-hybridized carbons (Fsp3) is 0.538. The zero-order valence-electron chi connectivity index (χ0n) is 10.4. The predicted octanol–water partition coefficient (Wildman–Crippen LogP) is 3.45. The zero-order chi connectivity index (χ0) is 12.5. The molecule has 2 aromatic rings. The second kappa shape index (κ2) is 5.02. The lowest BCUT2D eigenvalue weighted by Crippen LogP contribution is -2.21. The molecule has 2 aromatic heterocycles. The quantitative estimate of drug-likeness (QED) is 0.807. The lowest BCUT2D eigenvalue weighted by Gasteiger charge is -2.17. The lowest BCUT2D eigenvalue weighted by atomic mass is 10.1. The van der Waals surface area contributed by atoms with Gasteiger partial charge in [0.1, 0.15) is 17.0 Å². The topological polar surface area (TPSA) is 29.0 Å². The van der Waals surface area contributed by atoms with E-state index in [1.54, 1.807) is 17.7 Å². The number of anilines is 1. The molecule has 3 heterocycles. The van der Waals surface area contributed by atoms with Crippen LogP contribution in [0.3, 0.4) is 0 Å². The molecule has 18 heavy (non-hydrogen) atoms. The Morgan fingerprint density at radius 1 is 1.50 bits per heavy atom. The van der Waals surface area contributed by atoms with E-state index in [0.29, 0.717) is 5.92 Å². The van der Waals surface area contributed by atoms with Crippen molar-refractivity contribution in [1.29, 1.82) is 0 Å². The van der Waals surface area contributed by atoms with Crippen molar-refractivity contribution in [3.63, 3.8) is 0 Å². The Balaban J connectivity index is 1.90. The second-order valence-electron chi connectivity index (χ2n) is 4.85. The number of halogens is 1. The summed E-state index contributed by atoms with van der Waals surface area (Å²) in [5, 5.41) is 1.20. The van der Waals surface area contributed by atoms with Gasteiger partial charge in [-0.2, -0.15) is 0 Å². The Morgan fingerprint density at radius 2 is 2.39 bits per heavy atom. The largest absolute Gasteiger partial charge is 0.356 e. The molecule has 1 fully saturated rings. The van der Waals surface area contributed by atoms with Gasteiger partial charge in [0.05, 0.1) is 5.39 Å². The van der Waals surface area contributed by atoms with Crippen LogP contribution in [0, 0.1) is 12.8 Å². The summed E-state index contributed by atoms with van der Waals surface area (Å²) >= 11 is 7.57. The molecule has 1 aliphatic heterocycles. The summed E-state index contributed by atoms with van der Waals surface area (Å²) in [4.78, 5) is 13.6. The van der Waals surface area contributed by atoms with E-state index in [-0.39, 0.29) is 0 Å². The van der Waals surface area contributed by atoms with Crippen LogP contribution in [0.2, 0.25) is 0 Å². The van der Waals surface area contributed by atoms with Crippen molar-refractivity contribution in [1.82, 2.24) is 9.97 Å². The third-order valence-electron chi connectivity index (χ3n) is 3.53. The number of hydrogen-bond acceptors (Lipinski definition) is 4. The molecule has 0 aliphatic carbocycles. The number of rotatable bonds is 3. The monoisotopic (exact) mass is 281 g/mol. The Hall–Kier alpha value is -0.870. The summed E-state index contributed by atoms with van der Waals surface area (Å²) in [5.74, 6) is 2.57. The summed E-state index contributed by atoms with van der Waals surface area (Å²) in [6, 6.07) is 2.20. The summed E-state index contributed by atoms with van der Waals surface area (Å²) in [7, 11) is 0. The molecule has 1 aliphatic rings. The summed E-state index contributed by atoms with van der Waals surface area (Å²) in [6.07, 6.45) is 4.01. The van der Waals surface area contributed by atoms with Gasteiger partial charge in [-0.15, -0.1) is 22.9 Å². The number of hydrogen-bond donors (Lipinski definition) is 0. The van der Waals surface area contributed by atoms with Crippen LogP contribution in [0.4, 0.5) is 5.82 Å². The van der Waals surface area contributed by atoms with Gasteiger partial charge in [-0.05, 0) is 31.7 Å². The highest BCUT2D eigenvalue weighted by Gasteiger charge is 2.24. The molecule has 5 heteroatoms. The van der Waals surface area contributed by atoms with Crippen LogP contribution in [0.25, 0.3) is 10.2 Å². The van der Waals surface area contributed by atoms with Crippen LogP contribution in [0.5, 0.6) is 0 Å². The number of aryl methyl sites for hydroxylation is 1. The molecular formula is C13H16ClN3S. The predicted molar refractivity (Wildman–Crippen MR) is 77.8 cm³/mol. The van der Waals surface area contributed by atoms with Crippen LogP contribution in [-0.4, -0.2) is 28.9 Å². The second-order valence-corrected chi connectivity index (χ2v) is 6.46. The highest BCUT2D eigenvalue weighted by atomic mass is 35.5. The molecule has 96 valence electrons. The maximum absolute atomic E-state index is 5.83. The van der Waals surface area contributed by atoms with Crippen molar-refractivity contribution in [3.05, 3.63) is 17.3 Å². The van der Waals surface area contributed by atoms with Gasteiger partial charge in [0.15, 0.2) is 0 Å². The van der Waals surface area contributed by atoms with Gasteiger partial charge in [0.25, 0.3) is 0 Å². The first-order valence-electron chi connectivity index (χ1n) is 6.30. The molecular weight excluding hydrogens is 266 g/mol. The summed E-state index contributed by atoms with van der Waals surface area (Å²) < 4.78 is 0. The SMILES string of the molecule is Cc1cc2c(N3CCC(CCCl)C3)ncnc2s1. The summed E-state index contributed by atoms with van der Waals surface area (Å²) in [6.45, 7) is 4.28. The average molecular weight is 282 g/mol. The fourth-order valence-corrected chi connectivity index (χ4v) is 3.78. The van der Waals surface area contributed by atoms with Crippen LogP contribution in [0.1, 0.15) is 17.7 Å². The van der Waals surface area contributed by atoms with Gasteiger partial charge >= 0.3 is 0 Å². The zero-order valence-corrected chi connectivity index (χ0v) is 12.0. The van der Waals surface area contributed by atoms with Gasteiger partial charge in [-0.1, -0.05) is 0 Å². The molecule has 0 spiro atoms.